The maximum Gasteiger partial charge on any atom is 0.304 e. The zero-order valence-corrected chi connectivity index (χ0v) is 8.26. The van der Waals surface area contributed by atoms with Crippen molar-refractivity contribution in [3.8, 4) is 0 Å². The number of aromatic nitrogens is 1. The molecule has 2 heterocycles. The summed E-state index contributed by atoms with van der Waals surface area (Å²) in [6.07, 6.45) is 3.34. The summed E-state index contributed by atoms with van der Waals surface area (Å²) in [6, 6.07) is 1.91. The maximum absolute atomic E-state index is 10.8. The molecule has 0 amide bonds. The van der Waals surface area contributed by atoms with Gasteiger partial charge in [-0.2, -0.15) is 0 Å². The van der Waals surface area contributed by atoms with Crippen molar-refractivity contribution in [2.75, 3.05) is 0 Å². The summed E-state index contributed by atoms with van der Waals surface area (Å²) in [5.41, 5.74) is 2.02. The highest BCUT2D eigenvalue weighted by atomic mass is 32.1. The normalized spacial score (nSPS) is 10.6. The summed E-state index contributed by atoms with van der Waals surface area (Å²) in [6.45, 7) is 1.41. The molecule has 0 aliphatic heterocycles. The molecule has 0 bridgehead atoms. The van der Waals surface area contributed by atoms with Crippen LogP contribution < -0.4 is 10.2 Å². The molecule has 0 aliphatic carbocycles. The fourth-order valence-electron chi connectivity index (χ4n) is 1.14. The Bertz CT molecular complexity index is 430. The van der Waals surface area contributed by atoms with Crippen LogP contribution in [0.4, 0.5) is 0 Å². The van der Waals surface area contributed by atoms with Crippen molar-refractivity contribution in [3.05, 3.63) is 44.9 Å². The largest absolute Gasteiger partial charge is 0.472 e. The van der Waals surface area contributed by atoms with E-state index in [4.69, 9.17) is 4.42 Å². The van der Waals surface area contributed by atoms with E-state index in [-0.39, 0.29) is 4.87 Å². The van der Waals surface area contributed by atoms with Crippen molar-refractivity contribution in [1.82, 2.24) is 10.3 Å². The van der Waals surface area contributed by atoms with Gasteiger partial charge < -0.3 is 14.7 Å². The molecule has 0 saturated carbocycles. The zero-order chi connectivity index (χ0) is 9.80. The Morgan fingerprint density at radius 1 is 1.50 bits per heavy atom. The van der Waals surface area contributed by atoms with Crippen molar-refractivity contribution in [2.45, 2.75) is 13.1 Å². The lowest BCUT2D eigenvalue weighted by Gasteiger charge is -1.99. The smallest absolute Gasteiger partial charge is 0.304 e. The molecular weight excluding hydrogens is 200 g/mol. The lowest BCUT2D eigenvalue weighted by molar-refractivity contribution is 0.560. The number of nitrogens with one attached hydrogen (secondary N) is 2. The third-order valence-corrected chi connectivity index (χ3v) is 2.51. The summed E-state index contributed by atoms with van der Waals surface area (Å²) < 4.78 is 4.93. The SMILES string of the molecule is O=c1[nH]c(CNCc2ccoc2)cs1. The van der Waals surface area contributed by atoms with Gasteiger partial charge in [-0.25, -0.2) is 0 Å². The molecule has 4 nitrogen and oxygen atoms in total. The Labute approximate surface area is 84.6 Å². The van der Waals surface area contributed by atoms with E-state index in [0.717, 1.165) is 17.8 Å². The van der Waals surface area contributed by atoms with Gasteiger partial charge in [0.25, 0.3) is 0 Å². The van der Waals surface area contributed by atoms with Gasteiger partial charge in [0.05, 0.1) is 12.5 Å². The van der Waals surface area contributed by atoms with E-state index in [1.807, 2.05) is 11.4 Å². The maximum atomic E-state index is 10.8. The second kappa shape index (κ2) is 4.26. The van der Waals surface area contributed by atoms with E-state index in [1.165, 1.54) is 11.3 Å². The van der Waals surface area contributed by atoms with Crippen molar-refractivity contribution < 1.29 is 4.42 Å². The second-order valence-corrected chi connectivity index (χ2v) is 3.75. The van der Waals surface area contributed by atoms with Crippen molar-refractivity contribution in [1.29, 1.82) is 0 Å². The number of hydrogen-bond donors (Lipinski definition) is 2. The second-order valence-electron chi connectivity index (χ2n) is 2.91. The monoisotopic (exact) mass is 210 g/mol. The van der Waals surface area contributed by atoms with Crippen molar-refractivity contribution >= 4 is 11.3 Å². The van der Waals surface area contributed by atoms with E-state index in [0.29, 0.717) is 6.54 Å². The van der Waals surface area contributed by atoms with E-state index in [1.54, 1.807) is 12.5 Å². The van der Waals surface area contributed by atoms with Gasteiger partial charge in [-0.05, 0) is 6.07 Å². The van der Waals surface area contributed by atoms with Gasteiger partial charge in [0.2, 0.25) is 0 Å². The topological polar surface area (TPSA) is 58.0 Å². The summed E-state index contributed by atoms with van der Waals surface area (Å²) >= 11 is 1.18. The number of rotatable bonds is 4. The molecule has 2 aromatic rings. The number of furan rings is 1. The molecule has 0 fully saturated rings. The fraction of sp³-hybridized carbons (Fsp3) is 0.222. The number of hydrogen-bond acceptors (Lipinski definition) is 4. The number of thiazole rings is 1. The minimum atomic E-state index is -0.00916. The van der Waals surface area contributed by atoms with Crippen molar-refractivity contribution in [3.63, 3.8) is 0 Å². The molecule has 2 rings (SSSR count). The van der Waals surface area contributed by atoms with E-state index < -0.39 is 0 Å². The molecule has 0 unspecified atom stereocenters. The molecule has 0 aromatic carbocycles. The average molecular weight is 210 g/mol. The lowest BCUT2D eigenvalue weighted by Crippen LogP contribution is -2.13. The predicted octanol–water partition coefficient (Wildman–Crippen LogP) is 1.32. The van der Waals surface area contributed by atoms with Gasteiger partial charge in [-0.15, -0.1) is 0 Å². The Kier molecular flexibility index (Phi) is 2.81. The highest BCUT2D eigenvalue weighted by molar-refractivity contribution is 7.07. The van der Waals surface area contributed by atoms with Crippen LogP contribution in [0.5, 0.6) is 0 Å². The first-order valence-corrected chi connectivity index (χ1v) is 5.11. The van der Waals surface area contributed by atoms with Gasteiger partial charge in [-0.1, -0.05) is 11.3 Å². The third kappa shape index (κ3) is 2.34. The molecule has 14 heavy (non-hydrogen) atoms. The molecule has 0 spiro atoms. The molecule has 74 valence electrons. The van der Waals surface area contributed by atoms with Crippen LogP contribution in [0.25, 0.3) is 0 Å². The predicted molar refractivity (Wildman–Crippen MR) is 54.2 cm³/mol. The molecule has 0 aliphatic rings. The molecule has 0 atom stereocenters. The first-order valence-electron chi connectivity index (χ1n) is 4.23. The van der Waals surface area contributed by atoms with Gasteiger partial charge >= 0.3 is 4.87 Å². The van der Waals surface area contributed by atoms with Crippen LogP contribution in [-0.2, 0) is 13.1 Å². The van der Waals surface area contributed by atoms with Gasteiger partial charge in [0.15, 0.2) is 0 Å². The lowest BCUT2D eigenvalue weighted by atomic mass is 10.3. The number of H-pyrrole nitrogens is 1. The minimum absolute atomic E-state index is 0.00916. The molecule has 0 radical (unpaired) electrons. The van der Waals surface area contributed by atoms with Crippen LogP contribution in [0.3, 0.4) is 0 Å². The standard InChI is InChI=1S/C9H10N2O2S/c12-9-11-8(6-14-9)4-10-3-7-1-2-13-5-7/h1-2,5-6,10H,3-4H2,(H,11,12). The summed E-state index contributed by atoms with van der Waals surface area (Å²) in [5, 5.41) is 5.02. The van der Waals surface area contributed by atoms with Gasteiger partial charge in [-0.3, -0.25) is 4.79 Å². The number of aromatic amines is 1. The Morgan fingerprint density at radius 3 is 3.07 bits per heavy atom. The Morgan fingerprint density at radius 2 is 2.43 bits per heavy atom. The Hall–Kier alpha value is -1.33. The summed E-state index contributed by atoms with van der Waals surface area (Å²) in [4.78, 5) is 13.5. The minimum Gasteiger partial charge on any atom is -0.472 e. The Balaban J connectivity index is 1.81. The zero-order valence-electron chi connectivity index (χ0n) is 7.45. The van der Waals surface area contributed by atoms with E-state index in [2.05, 4.69) is 10.3 Å². The van der Waals surface area contributed by atoms with Gasteiger partial charge in [0, 0.05) is 29.7 Å². The average Bonchev–Trinajstić information content (AvgIpc) is 2.77. The van der Waals surface area contributed by atoms with Crippen LogP contribution in [0.15, 0.2) is 33.2 Å². The van der Waals surface area contributed by atoms with Gasteiger partial charge in [0.1, 0.15) is 0 Å². The van der Waals surface area contributed by atoms with Crippen LogP contribution in [0.2, 0.25) is 0 Å². The highest BCUT2D eigenvalue weighted by Gasteiger charge is 1.97. The molecule has 5 heteroatoms. The highest BCUT2D eigenvalue weighted by Crippen LogP contribution is 2.00. The fourth-order valence-corrected chi connectivity index (χ4v) is 1.72. The third-order valence-electron chi connectivity index (χ3n) is 1.80. The molecule has 0 saturated heterocycles. The first kappa shape index (κ1) is 9.23. The van der Waals surface area contributed by atoms with Crippen LogP contribution in [-0.4, -0.2) is 4.98 Å². The van der Waals surface area contributed by atoms with Crippen LogP contribution >= 0.6 is 11.3 Å². The molecule has 2 aromatic heterocycles. The molecule has 2 N–H and O–H groups in total. The molecular formula is C9H10N2O2S. The van der Waals surface area contributed by atoms with Crippen LogP contribution in [0, 0.1) is 0 Å². The van der Waals surface area contributed by atoms with Crippen LogP contribution in [0.1, 0.15) is 11.3 Å². The first-order chi connectivity index (χ1) is 6.84. The van der Waals surface area contributed by atoms with E-state index >= 15 is 0 Å². The van der Waals surface area contributed by atoms with E-state index in [9.17, 15) is 4.79 Å². The van der Waals surface area contributed by atoms with Crippen molar-refractivity contribution in [2.24, 2.45) is 0 Å². The summed E-state index contributed by atoms with van der Waals surface area (Å²) in [7, 11) is 0. The summed E-state index contributed by atoms with van der Waals surface area (Å²) in [5.74, 6) is 0. The quantitative estimate of drug-likeness (QED) is 0.800.